The molecule has 0 aliphatic rings. The molecule has 2 aromatic rings. The highest BCUT2D eigenvalue weighted by atomic mass is 17.5. The summed E-state index contributed by atoms with van der Waals surface area (Å²) in [5.74, 6) is 0.644. The quantitative estimate of drug-likeness (QED) is 0.455. The lowest BCUT2D eigenvalue weighted by Gasteiger charge is -1.88. The van der Waals surface area contributed by atoms with E-state index in [0.717, 1.165) is 6.42 Å². The molecular formula is C15H20O5. The van der Waals surface area contributed by atoms with Crippen LogP contribution in [0, 0.1) is 0 Å². The molecule has 0 saturated heterocycles. The van der Waals surface area contributed by atoms with Gasteiger partial charge in [-0.1, -0.05) is 48.4 Å². The number of hydrogen-bond donors (Lipinski definition) is 3. The number of para-hydroxylation sites is 2. The first-order valence-corrected chi connectivity index (χ1v) is 6.11. The predicted molar refractivity (Wildman–Crippen MR) is 76.2 cm³/mol. The molecule has 110 valence electrons. The molecule has 0 heterocycles. The van der Waals surface area contributed by atoms with Crippen molar-refractivity contribution in [1.82, 2.24) is 0 Å². The van der Waals surface area contributed by atoms with Crippen molar-refractivity contribution in [1.29, 1.82) is 0 Å². The minimum atomic E-state index is 0.322. The van der Waals surface area contributed by atoms with E-state index in [4.69, 9.17) is 15.5 Å². The lowest BCUT2D eigenvalue weighted by Crippen LogP contribution is -1.88. The molecule has 2 aromatic carbocycles. The maximum Gasteiger partial charge on any atom is 0.115 e. The van der Waals surface area contributed by atoms with Gasteiger partial charge < -0.3 is 10.2 Å². The Morgan fingerprint density at radius 3 is 1.35 bits per heavy atom. The summed E-state index contributed by atoms with van der Waals surface area (Å²) in [5.41, 5.74) is 0. The number of aromatic hydroxyl groups is 2. The maximum absolute atomic E-state index is 8.63. The normalized spacial score (nSPS) is 8.70. The van der Waals surface area contributed by atoms with E-state index < -0.39 is 0 Å². The zero-order chi connectivity index (χ0) is 15.1. The summed E-state index contributed by atoms with van der Waals surface area (Å²) in [4.78, 5) is 4.04. The molecular weight excluding hydrogens is 260 g/mol. The highest BCUT2D eigenvalue weighted by Crippen LogP contribution is 2.03. The molecule has 5 heteroatoms. The van der Waals surface area contributed by atoms with E-state index >= 15 is 0 Å². The molecule has 3 N–H and O–H groups in total. The van der Waals surface area contributed by atoms with Gasteiger partial charge in [-0.15, -0.1) is 0 Å². The van der Waals surface area contributed by atoms with Gasteiger partial charge in [0.2, 0.25) is 0 Å². The summed E-state index contributed by atoms with van der Waals surface area (Å²) in [7, 11) is 0. The van der Waals surface area contributed by atoms with Crippen LogP contribution in [0.1, 0.15) is 13.3 Å². The fourth-order valence-electron chi connectivity index (χ4n) is 0.977. The standard InChI is InChI=1S/2C6H6O.C3H8O3/c2*7-6-4-2-1-3-5-6;1-2-3-5-6-4/h2*1-5,7H;4H,2-3H2,1H3. The number of phenolic OH excluding ortho intramolecular Hbond substituents is 2. The fraction of sp³-hybridized carbons (Fsp3) is 0.200. The second-order valence-corrected chi connectivity index (χ2v) is 3.57. The minimum absolute atomic E-state index is 0.322. The Labute approximate surface area is 118 Å². The van der Waals surface area contributed by atoms with Gasteiger partial charge >= 0.3 is 0 Å². The molecule has 5 nitrogen and oxygen atoms in total. The van der Waals surface area contributed by atoms with Gasteiger partial charge in [-0.3, -0.25) is 0 Å². The summed E-state index contributed by atoms with van der Waals surface area (Å²) >= 11 is 0. The van der Waals surface area contributed by atoms with Gasteiger partial charge in [-0.25, -0.2) is 10.1 Å². The molecule has 0 bridgehead atoms. The Kier molecular flexibility index (Phi) is 12.0. The lowest BCUT2D eigenvalue weighted by atomic mass is 10.3. The maximum atomic E-state index is 8.63. The topological polar surface area (TPSA) is 79.2 Å². The number of hydrogen-bond acceptors (Lipinski definition) is 5. The molecule has 0 spiro atoms. The SMILES string of the molecule is CCCOOO.Oc1ccccc1.Oc1ccccc1. The molecule has 0 amide bonds. The van der Waals surface area contributed by atoms with Crippen LogP contribution < -0.4 is 0 Å². The smallest absolute Gasteiger partial charge is 0.115 e. The molecule has 0 saturated carbocycles. The van der Waals surface area contributed by atoms with Crippen molar-refractivity contribution < 1.29 is 25.4 Å². The molecule has 0 atom stereocenters. The van der Waals surface area contributed by atoms with E-state index in [1.165, 1.54) is 0 Å². The van der Waals surface area contributed by atoms with Gasteiger partial charge in [0.1, 0.15) is 11.5 Å². The van der Waals surface area contributed by atoms with E-state index in [1.807, 2.05) is 19.1 Å². The highest BCUT2D eigenvalue weighted by Gasteiger charge is 1.76. The van der Waals surface area contributed by atoms with Crippen LogP contribution in [0.3, 0.4) is 0 Å². The largest absolute Gasteiger partial charge is 0.508 e. The fourth-order valence-corrected chi connectivity index (χ4v) is 0.977. The van der Waals surface area contributed by atoms with E-state index in [1.54, 1.807) is 48.5 Å². The van der Waals surface area contributed by atoms with Crippen molar-refractivity contribution in [2.45, 2.75) is 13.3 Å². The second kappa shape index (κ2) is 13.4. The summed E-state index contributed by atoms with van der Waals surface area (Å²) in [6.45, 7) is 2.36. The highest BCUT2D eigenvalue weighted by molar-refractivity contribution is 5.19. The van der Waals surface area contributed by atoms with Gasteiger partial charge in [0.15, 0.2) is 0 Å². The molecule has 0 aromatic heterocycles. The van der Waals surface area contributed by atoms with Crippen molar-refractivity contribution in [2.24, 2.45) is 0 Å². The average molecular weight is 280 g/mol. The molecule has 0 unspecified atom stereocenters. The number of benzene rings is 2. The summed E-state index contributed by atoms with van der Waals surface area (Å²) in [5, 5.41) is 28.0. The van der Waals surface area contributed by atoms with Gasteiger partial charge in [0.05, 0.1) is 6.61 Å². The lowest BCUT2D eigenvalue weighted by molar-refractivity contribution is -0.490. The van der Waals surface area contributed by atoms with E-state index in [0.29, 0.717) is 18.1 Å². The van der Waals surface area contributed by atoms with Crippen LogP contribution >= 0.6 is 0 Å². The predicted octanol–water partition coefficient (Wildman–Crippen LogP) is 3.60. The van der Waals surface area contributed by atoms with Gasteiger partial charge in [0.25, 0.3) is 0 Å². The summed E-state index contributed by atoms with van der Waals surface area (Å²) < 4.78 is 0. The van der Waals surface area contributed by atoms with Crippen molar-refractivity contribution in [3.05, 3.63) is 60.7 Å². The van der Waals surface area contributed by atoms with Crippen molar-refractivity contribution in [3.63, 3.8) is 0 Å². The molecule has 0 radical (unpaired) electrons. The summed E-state index contributed by atoms with van der Waals surface area (Å²) in [6.07, 6.45) is 0.848. The van der Waals surface area contributed by atoms with Crippen LogP contribution in [0.2, 0.25) is 0 Å². The van der Waals surface area contributed by atoms with E-state index in [2.05, 4.69) is 9.93 Å². The zero-order valence-corrected chi connectivity index (χ0v) is 11.3. The van der Waals surface area contributed by atoms with Crippen LogP contribution in [0.25, 0.3) is 0 Å². The number of rotatable bonds is 3. The summed E-state index contributed by atoms with van der Waals surface area (Å²) in [6, 6.07) is 17.4. The molecule has 0 fully saturated rings. The Morgan fingerprint density at radius 2 is 1.20 bits per heavy atom. The van der Waals surface area contributed by atoms with Gasteiger partial charge in [-0.05, 0) is 30.7 Å². The van der Waals surface area contributed by atoms with Crippen LogP contribution in [-0.4, -0.2) is 22.1 Å². The minimum Gasteiger partial charge on any atom is -0.508 e. The molecule has 2 rings (SSSR count). The third-order valence-electron chi connectivity index (χ3n) is 1.85. The molecule has 0 aliphatic heterocycles. The number of phenols is 2. The van der Waals surface area contributed by atoms with Crippen molar-refractivity contribution in [2.75, 3.05) is 6.61 Å². The van der Waals surface area contributed by atoms with Crippen LogP contribution in [0.15, 0.2) is 60.7 Å². The first kappa shape index (κ1) is 17.9. The Morgan fingerprint density at radius 1 is 0.800 bits per heavy atom. The Balaban J connectivity index is 0.000000272. The first-order chi connectivity index (χ1) is 9.70. The molecule has 20 heavy (non-hydrogen) atoms. The molecule has 0 aliphatic carbocycles. The Hall–Kier alpha value is -2.08. The van der Waals surface area contributed by atoms with Crippen LogP contribution in [0.5, 0.6) is 11.5 Å². The van der Waals surface area contributed by atoms with Gasteiger partial charge in [-0.2, -0.15) is 0 Å². The second-order valence-electron chi connectivity index (χ2n) is 3.57. The first-order valence-electron chi connectivity index (χ1n) is 6.11. The van der Waals surface area contributed by atoms with E-state index in [9.17, 15) is 0 Å². The van der Waals surface area contributed by atoms with Crippen molar-refractivity contribution >= 4 is 0 Å². The van der Waals surface area contributed by atoms with Crippen molar-refractivity contribution in [3.8, 4) is 11.5 Å². The monoisotopic (exact) mass is 280 g/mol. The van der Waals surface area contributed by atoms with Gasteiger partial charge in [0, 0.05) is 0 Å². The third kappa shape index (κ3) is 12.4. The average Bonchev–Trinajstić information content (AvgIpc) is 2.48. The van der Waals surface area contributed by atoms with E-state index in [-0.39, 0.29) is 0 Å². The zero-order valence-electron chi connectivity index (χ0n) is 11.3. The van der Waals surface area contributed by atoms with Crippen LogP contribution in [-0.2, 0) is 9.93 Å². The van der Waals surface area contributed by atoms with Crippen LogP contribution in [0.4, 0.5) is 0 Å². The third-order valence-corrected chi connectivity index (χ3v) is 1.85. The Bertz CT molecular complexity index is 364.